The second-order valence-electron chi connectivity index (χ2n) is 4.85. The van der Waals surface area contributed by atoms with Crippen molar-refractivity contribution in [2.75, 3.05) is 17.2 Å². The summed E-state index contributed by atoms with van der Waals surface area (Å²) in [6, 6.07) is 6.83. The lowest BCUT2D eigenvalue weighted by Crippen LogP contribution is -2.33. The van der Waals surface area contributed by atoms with Crippen molar-refractivity contribution in [1.29, 1.82) is 0 Å². The normalized spacial score (nSPS) is 20.8. The fraction of sp³-hybridized carbons (Fsp3) is 0.538. The average Bonchev–Trinajstić information content (AvgIpc) is 2.66. The van der Waals surface area contributed by atoms with E-state index in [-0.39, 0.29) is 0 Å². The Labute approximate surface area is 106 Å². The van der Waals surface area contributed by atoms with Gasteiger partial charge in [-0.2, -0.15) is 0 Å². The minimum absolute atomic E-state index is 0.642. The molecule has 0 aromatic heterocycles. The standard InChI is InChI=1S/C13H19BrN2/c1-9(2)12-4-3-7-16(12)13-6-5-10(14)8-11(13)15/h5-6,8-9,12H,3-4,7,15H2,1-2H3. The maximum atomic E-state index is 6.09. The van der Waals surface area contributed by atoms with E-state index >= 15 is 0 Å². The van der Waals surface area contributed by atoms with Crippen LogP contribution < -0.4 is 10.6 Å². The Kier molecular flexibility index (Phi) is 3.43. The molecule has 1 saturated heterocycles. The van der Waals surface area contributed by atoms with Crippen LogP contribution in [0.25, 0.3) is 0 Å². The molecule has 0 spiro atoms. The highest BCUT2D eigenvalue weighted by Gasteiger charge is 2.28. The molecule has 16 heavy (non-hydrogen) atoms. The Morgan fingerprint density at radius 1 is 1.44 bits per heavy atom. The van der Waals surface area contributed by atoms with Gasteiger partial charge in [-0.05, 0) is 37.0 Å². The summed E-state index contributed by atoms with van der Waals surface area (Å²) < 4.78 is 1.05. The van der Waals surface area contributed by atoms with E-state index < -0.39 is 0 Å². The average molecular weight is 283 g/mol. The fourth-order valence-corrected chi connectivity index (χ4v) is 2.95. The summed E-state index contributed by atoms with van der Waals surface area (Å²) in [6.45, 7) is 5.71. The highest BCUT2D eigenvalue weighted by molar-refractivity contribution is 9.10. The Morgan fingerprint density at radius 3 is 2.81 bits per heavy atom. The van der Waals surface area contributed by atoms with Crippen molar-refractivity contribution >= 4 is 27.3 Å². The lowest BCUT2D eigenvalue weighted by Gasteiger charge is -2.30. The maximum Gasteiger partial charge on any atom is 0.0603 e. The van der Waals surface area contributed by atoms with Gasteiger partial charge in [0.1, 0.15) is 0 Å². The highest BCUT2D eigenvalue weighted by atomic mass is 79.9. The molecule has 1 aromatic rings. The first-order valence-electron chi connectivity index (χ1n) is 5.91. The third-order valence-electron chi connectivity index (χ3n) is 3.37. The third-order valence-corrected chi connectivity index (χ3v) is 3.86. The van der Waals surface area contributed by atoms with Crippen molar-refractivity contribution in [3.05, 3.63) is 22.7 Å². The molecule has 0 bridgehead atoms. The Morgan fingerprint density at radius 2 is 2.19 bits per heavy atom. The molecule has 1 aliphatic rings. The predicted molar refractivity (Wildman–Crippen MR) is 73.8 cm³/mol. The zero-order valence-electron chi connectivity index (χ0n) is 9.91. The summed E-state index contributed by atoms with van der Waals surface area (Å²) >= 11 is 3.45. The number of anilines is 2. The van der Waals surface area contributed by atoms with Gasteiger partial charge in [0.2, 0.25) is 0 Å². The Hall–Kier alpha value is -0.700. The van der Waals surface area contributed by atoms with E-state index in [9.17, 15) is 0 Å². The summed E-state index contributed by atoms with van der Waals surface area (Å²) in [5, 5.41) is 0. The van der Waals surface area contributed by atoms with Crippen molar-refractivity contribution < 1.29 is 0 Å². The first-order valence-corrected chi connectivity index (χ1v) is 6.70. The number of nitrogens with zero attached hydrogens (tertiary/aromatic N) is 1. The first kappa shape index (κ1) is 11.8. The van der Waals surface area contributed by atoms with E-state index in [0.717, 1.165) is 16.7 Å². The van der Waals surface area contributed by atoms with Crippen LogP contribution in [0.15, 0.2) is 22.7 Å². The van der Waals surface area contributed by atoms with Crippen LogP contribution in [0, 0.1) is 5.92 Å². The largest absolute Gasteiger partial charge is 0.397 e. The third kappa shape index (κ3) is 2.19. The lowest BCUT2D eigenvalue weighted by molar-refractivity contribution is 0.492. The number of benzene rings is 1. The van der Waals surface area contributed by atoms with Gasteiger partial charge in [-0.25, -0.2) is 0 Å². The molecule has 1 atom stereocenters. The molecular weight excluding hydrogens is 264 g/mol. The number of rotatable bonds is 2. The first-order chi connectivity index (χ1) is 7.59. The smallest absolute Gasteiger partial charge is 0.0603 e. The Balaban J connectivity index is 2.29. The topological polar surface area (TPSA) is 29.3 Å². The van der Waals surface area contributed by atoms with Crippen molar-refractivity contribution in [2.24, 2.45) is 5.92 Å². The van der Waals surface area contributed by atoms with Crippen molar-refractivity contribution in [3.63, 3.8) is 0 Å². The SMILES string of the molecule is CC(C)C1CCCN1c1ccc(Br)cc1N. The van der Waals surface area contributed by atoms with Crippen LogP contribution in [0.5, 0.6) is 0 Å². The summed E-state index contributed by atoms with van der Waals surface area (Å²) in [7, 11) is 0. The van der Waals surface area contributed by atoms with E-state index in [1.807, 2.05) is 6.07 Å². The minimum atomic E-state index is 0.642. The molecular formula is C13H19BrN2. The van der Waals surface area contributed by atoms with Gasteiger partial charge in [0.25, 0.3) is 0 Å². The summed E-state index contributed by atoms with van der Waals surface area (Å²) in [5.74, 6) is 0.686. The van der Waals surface area contributed by atoms with Crippen LogP contribution in [0.2, 0.25) is 0 Å². The molecule has 0 radical (unpaired) electrons. The molecule has 0 saturated carbocycles. The van der Waals surface area contributed by atoms with Crippen LogP contribution >= 0.6 is 15.9 Å². The van der Waals surface area contributed by atoms with Crippen molar-refractivity contribution in [3.8, 4) is 0 Å². The van der Waals surface area contributed by atoms with Crippen LogP contribution in [-0.2, 0) is 0 Å². The minimum Gasteiger partial charge on any atom is -0.397 e. The van der Waals surface area contributed by atoms with Gasteiger partial charge in [0.15, 0.2) is 0 Å². The molecule has 1 heterocycles. The zero-order chi connectivity index (χ0) is 11.7. The second kappa shape index (κ2) is 4.66. The summed E-state index contributed by atoms with van der Waals surface area (Å²) in [4.78, 5) is 2.46. The molecule has 1 fully saturated rings. The number of hydrogen-bond donors (Lipinski definition) is 1. The van der Waals surface area contributed by atoms with Crippen LogP contribution in [0.4, 0.5) is 11.4 Å². The van der Waals surface area contributed by atoms with Crippen molar-refractivity contribution in [1.82, 2.24) is 0 Å². The monoisotopic (exact) mass is 282 g/mol. The number of nitrogens with two attached hydrogens (primary N) is 1. The van der Waals surface area contributed by atoms with Gasteiger partial charge in [0.05, 0.1) is 11.4 Å². The number of hydrogen-bond acceptors (Lipinski definition) is 2. The fourth-order valence-electron chi connectivity index (χ4n) is 2.57. The predicted octanol–water partition coefficient (Wildman–Crippen LogP) is 3.66. The highest BCUT2D eigenvalue weighted by Crippen LogP contribution is 2.34. The molecule has 1 aromatic carbocycles. The quantitative estimate of drug-likeness (QED) is 0.839. The van der Waals surface area contributed by atoms with Gasteiger partial charge in [-0.15, -0.1) is 0 Å². The Bertz CT molecular complexity index is 376. The van der Waals surface area contributed by atoms with E-state index in [1.165, 1.54) is 18.5 Å². The van der Waals surface area contributed by atoms with Gasteiger partial charge in [-0.3, -0.25) is 0 Å². The molecule has 1 unspecified atom stereocenters. The van der Waals surface area contributed by atoms with E-state index in [2.05, 4.69) is 46.8 Å². The lowest BCUT2D eigenvalue weighted by atomic mass is 10.0. The molecule has 2 N–H and O–H groups in total. The summed E-state index contributed by atoms with van der Waals surface area (Å²) in [6.07, 6.45) is 2.56. The van der Waals surface area contributed by atoms with E-state index in [0.29, 0.717) is 12.0 Å². The van der Waals surface area contributed by atoms with Gasteiger partial charge in [0, 0.05) is 17.1 Å². The van der Waals surface area contributed by atoms with E-state index in [4.69, 9.17) is 5.73 Å². The second-order valence-corrected chi connectivity index (χ2v) is 5.77. The van der Waals surface area contributed by atoms with Gasteiger partial charge >= 0.3 is 0 Å². The molecule has 2 rings (SSSR count). The maximum absolute atomic E-state index is 6.09. The number of halogens is 1. The van der Waals surface area contributed by atoms with E-state index in [1.54, 1.807) is 0 Å². The zero-order valence-corrected chi connectivity index (χ0v) is 11.5. The van der Waals surface area contributed by atoms with Crippen LogP contribution in [0.1, 0.15) is 26.7 Å². The summed E-state index contributed by atoms with van der Waals surface area (Å²) in [5.41, 5.74) is 8.16. The molecule has 2 nitrogen and oxygen atoms in total. The van der Waals surface area contributed by atoms with Gasteiger partial charge < -0.3 is 10.6 Å². The van der Waals surface area contributed by atoms with Crippen LogP contribution in [0.3, 0.4) is 0 Å². The molecule has 0 aliphatic carbocycles. The molecule has 88 valence electrons. The molecule has 3 heteroatoms. The van der Waals surface area contributed by atoms with Crippen molar-refractivity contribution in [2.45, 2.75) is 32.7 Å². The molecule has 0 amide bonds. The van der Waals surface area contributed by atoms with Gasteiger partial charge in [-0.1, -0.05) is 29.8 Å². The number of nitrogen functional groups attached to an aromatic ring is 1. The van der Waals surface area contributed by atoms with Crippen LogP contribution in [-0.4, -0.2) is 12.6 Å². The molecule has 1 aliphatic heterocycles.